The van der Waals surface area contributed by atoms with Gasteiger partial charge in [0, 0.05) is 59.1 Å². The molecule has 1 saturated heterocycles. The maximum Gasteiger partial charge on any atom is 0.309 e. The number of aliphatic hydroxyl groups is 1. The van der Waals surface area contributed by atoms with Crippen LogP contribution in [0.4, 0.5) is 0 Å². The van der Waals surface area contributed by atoms with Crippen LogP contribution in [-0.4, -0.2) is 134 Å². The summed E-state index contributed by atoms with van der Waals surface area (Å²) in [6.45, 7) is 9.88. The second-order valence-corrected chi connectivity index (χ2v) is 8.48. The van der Waals surface area contributed by atoms with Crippen LogP contribution in [0.5, 0.6) is 11.5 Å². The molecule has 0 aromatic heterocycles. The Hall–Kier alpha value is -1.54. The molecule has 1 N–H and O–H groups in total. The third-order valence-electron chi connectivity index (χ3n) is 6.14. The first kappa shape index (κ1) is 29.0. The number of nitrogens with zero attached hydrogens (tertiary/aromatic N) is 2. The van der Waals surface area contributed by atoms with E-state index < -0.39 is 5.97 Å². The number of ether oxygens (including phenoxy) is 8. The molecule has 0 saturated carbocycles. The molecule has 3 aliphatic rings. The van der Waals surface area contributed by atoms with Crippen molar-refractivity contribution in [1.29, 1.82) is 0 Å². The molecule has 0 spiro atoms. The predicted octanol–water partition coefficient (Wildman–Crippen LogP) is 0.537. The molecule has 0 unspecified atom stereocenters. The van der Waals surface area contributed by atoms with Crippen LogP contribution in [0.1, 0.15) is 5.56 Å². The van der Waals surface area contributed by atoms with Gasteiger partial charge >= 0.3 is 5.97 Å². The van der Waals surface area contributed by atoms with Crippen LogP contribution in [0.15, 0.2) is 18.2 Å². The summed E-state index contributed by atoms with van der Waals surface area (Å²) in [5.74, 6) is -0.788. The van der Waals surface area contributed by atoms with Crippen molar-refractivity contribution < 1.29 is 43.0 Å². The average molecular weight is 515 g/mol. The van der Waals surface area contributed by atoms with Crippen LogP contribution < -0.4 is 9.47 Å². The van der Waals surface area contributed by atoms with Gasteiger partial charge in [0.15, 0.2) is 11.5 Å². The van der Waals surface area contributed by atoms with Crippen molar-refractivity contribution in [2.75, 3.05) is 120 Å². The number of hydrogen-bond donors (Lipinski definition) is 1. The first-order chi connectivity index (χ1) is 17.6. The van der Waals surface area contributed by atoms with E-state index in [0.717, 1.165) is 26.2 Å². The molecular formula is C25H42N2O9. The number of methoxy groups -OCH3 is 2. The van der Waals surface area contributed by atoms with Gasteiger partial charge in [-0.1, -0.05) is 0 Å². The second kappa shape index (κ2) is 16.3. The van der Waals surface area contributed by atoms with E-state index in [4.69, 9.17) is 37.9 Å². The van der Waals surface area contributed by atoms with Crippen molar-refractivity contribution in [2.45, 2.75) is 5.97 Å². The van der Waals surface area contributed by atoms with Crippen LogP contribution >= 0.6 is 0 Å². The summed E-state index contributed by atoms with van der Waals surface area (Å²) in [6, 6.07) is 5.16. The van der Waals surface area contributed by atoms with Gasteiger partial charge in [-0.25, -0.2) is 0 Å². The Morgan fingerprint density at radius 3 is 1.47 bits per heavy atom. The lowest BCUT2D eigenvalue weighted by atomic mass is 10.1. The Balaban J connectivity index is 1.80. The van der Waals surface area contributed by atoms with Crippen molar-refractivity contribution in [3.8, 4) is 11.5 Å². The van der Waals surface area contributed by atoms with E-state index in [1.807, 2.05) is 0 Å². The molecular weight excluding hydrogens is 472 g/mol. The molecule has 2 bridgehead atoms. The highest BCUT2D eigenvalue weighted by atomic mass is 16.8. The highest BCUT2D eigenvalue weighted by Gasteiger charge is 2.30. The minimum absolute atomic E-state index is 0.411. The van der Waals surface area contributed by atoms with Crippen molar-refractivity contribution in [2.24, 2.45) is 0 Å². The van der Waals surface area contributed by atoms with Crippen LogP contribution in [0.2, 0.25) is 0 Å². The summed E-state index contributed by atoms with van der Waals surface area (Å²) >= 11 is 0. The zero-order valence-corrected chi connectivity index (χ0v) is 21.7. The molecule has 1 fully saturated rings. The molecule has 1 aromatic rings. The zero-order chi connectivity index (χ0) is 25.5. The van der Waals surface area contributed by atoms with Crippen molar-refractivity contribution in [3.05, 3.63) is 23.8 Å². The SMILES string of the molecule is COC(O)(OC)c1ccc2c(c1)OCCN1CCOCCOCCN(CCOCCOCC1)CCO2. The lowest BCUT2D eigenvalue weighted by Crippen LogP contribution is -2.36. The molecule has 0 aliphatic carbocycles. The highest BCUT2D eigenvalue weighted by Crippen LogP contribution is 2.33. The van der Waals surface area contributed by atoms with Gasteiger partial charge in [-0.2, -0.15) is 0 Å². The summed E-state index contributed by atoms with van der Waals surface area (Å²) in [7, 11) is 2.75. The minimum atomic E-state index is -1.88. The fourth-order valence-electron chi connectivity index (χ4n) is 3.91. The van der Waals surface area contributed by atoms with E-state index in [1.54, 1.807) is 18.2 Å². The Bertz CT molecular complexity index is 715. The molecule has 0 radical (unpaired) electrons. The molecule has 11 nitrogen and oxygen atoms in total. The van der Waals surface area contributed by atoms with Crippen molar-refractivity contribution in [3.63, 3.8) is 0 Å². The molecule has 4 rings (SSSR count). The highest BCUT2D eigenvalue weighted by molar-refractivity contribution is 5.44. The van der Waals surface area contributed by atoms with Crippen molar-refractivity contribution in [1.82, 2.24) is 9.80 Å². The summed E-state index contributed by atoms with van der Waals surface area (Å²) < 4.78 is 45.7. The van der Waals surface area contributed by atoms with E-state index in [9.17, 15) is 5.11 Å². The number of hydrogen-bond acceptors (Lipinski definition) is 11. The van der Waals surface area contributed by atoms with Gasteiger partial charge in [-0.3, -0.25) is 9.80 Å². The average Bonchev–Trinajstić information content (AvgIpc) is 2.89. The number of benzene rings is 1. The molecule has 206 valence electrons. The molecule has 36 heavy (non-hydrogen) atoms. The lowest BCUT2D eigenvalue weighted by molar-refractivity contribution is -0.352. The molecule has 3 heterocycles. The number of rotatable bonds is 3. The Labute approximate surface area is 214 Å². The summed E-state index contributed by atoms with van der Waals surface area (Å²) in [6.07, 6.45) is 0. The van der Waals surface area contributed by atoms with Gasteiger partial charge in [-0.05, 0) is 18.2 Å². The quantitative estimate of drug-likeness (QED) is 0.572. The van der Waals surface area contributed by atoms with Crippen LogP contribution in [0.25, 0.3) is 0 Å². The Morgan fingerprint density at radius 1 is 0.611 bits per heavy atom. The Kier molecular flexibility index (Phi) is 13.2. The largest absolute Gasteiger partial charge is 0.488 e. The molecule has 3 aliphatic heterocycles. The fraction of sp³-hybridized carbons (Fsp3) is 0.760. The minimum Gasteiger partial charge on any atom is -0.488 e. The van der Waals surface area contributed by atoms with Gasteiger partial charge in [-0.15, -0.1) is 0 Å². The third kappa shape index (κ3) is 9.73. The molecule has 11 heteroatoms. The topological polar surface area (TPSA) is 101 Å². The van der Waals surface area contributed by atoms with Crippen LogP contribution in [0, 0.1) is 0 Å². The number of fused-ring (bicyclic) bond motifs is 18. The lowest BCUT2D eigenvalue weighted by Gasteiger charge is -2.27. The Morgan fingerprint density at radius 2 is 1.03 bits per heavy atom. The van der Waals surface area contributed by atoms with E-state index in [-0.39, 0.29) is 0 Å². The van der Waals surface area contributed by atoms with Crippen molar-refractivity contribution >= 4 is 0 Å². The van der Waals surface area contributed by atoms with Gasteiger partial charge in [0.1, 0.15) is 13.2 Å². The first-order valence-corrected chi connectivity index (χ1v) is 12.6. The van der Waals surface area contributed by atoms with Gasteiger partial charge in [0.2, 0.25) is 0 Å². The first-order valence-electron chi connectivity index (χ1n) is 12.6. The van der Waals surface area contributed by atoms with Gasteiger partial charge in [0.05, 0.1) is 52.9 Å². The van der Waals surface area contributed by atoms with E-state index in [0.29, 0.717) is 96.2 Å². The fourth-order valence-corrected chi connectivity index (χ4v) is 3.91. The third-order valence-corrected chi connectivity index (χ3v) is 6.14. The zero-order valence-electron chi connectivity index (χ0n) is 21.7. The monoisotopic (exact) mass is 514 g/mol. The molecule has 0 amide bonds. The normalized spacial score (nSPS) is 24.6. The van der Waals surface area contributed by atoms with Crippen LogP contribution in [-0.2, 0) is 34.4 Å². The summed E-state index contributed by atoms with van der Waals surface area (Å²) in [4.78, 5) is 4.48. The molecule has 0 atom stereocenters. The van der Waals surface area contributed by atoms with Gasteiger partial charge < -0.3 is 43.0 Å². The van der Waals surface area contributed by atoms with E-state index in [1.165, 1.54) is 14.2 Å². The second-order valence-electron chi connectivity index (χ2n) is 8.48. The smallest absolute Gasteiger partial charge is 0.309 e. The van der Waals surface area contributed by atoms with Gasteiger partial charge in [0.25, 0.3) is 0 Å². The maximum absolute atomic E-state index is 10.6. The molecule has 1 aromatic carbocycles. The standard InChI is InChI=1S/C25H42N2O9/c1-29-25(28,30-2)22-3-4-23-24(21-22)36-16-10-27-7-13-33-19-17-31-11-5-26(9-15-35-23)6-12-32-18-20-34-14-8-27/h3-4,21,28H,5-20H2,1-2H3. The summed E-state index contributed by atoms with van der Waals surface area (Å²) in [5.41, 5.74) is 0.411. The predicted molar refractivity (Wildman–Crippen MR) is 132 cm³/mol. The van der Waals surface area contributed by atoms with Crippen LogP contribution in [0.3, 0.4) is 0 Å². The van der Waals surface area contributed by atoms with E-state index in [2.05, 4.69) is 9.80 Å². The maximum atomic E-state index is 10.6. The summed E-state index contributed by atoms with van der Waals surface area (Å²) in [5, 5.41) is 10.6. The van der Waals surface area contributed by atoms with E-state index >= 15 is 0 Å².